The van der Waals surface area contributed by atoms with Crippen molar-refractivity contribution >= 4 is 25.4 Å². The average molecular weight is 238 g/mol. The summed E-state index contributed by atoms with van der Waals surface area (Å²) in [6.45, 7) is 2.28. The van der Waals surface area contributed by atoms with Gasteiger partial charge in [-0.1, -0.05) is 0 Å². The van der Waals surface area contributed by atoms with Crippen LogP contribution in [-0.2, 0) is 0 Å². The summed E-state index contributed by atoms with van der Waals surface area (Å²) in [5.41, 5.74) is 0. The minimum atomic E-state index is 0.976. The predicted molar refractivity (Wildman–Crippen MR) is 43.0 cm³/mol. The molecule has 1 aliphatic rings. The second kappa shape index (κ2) is 3.74. The summed E-state index contributed by atoms with van der Waals surface area (Å²) in [7, 11) is 0. The molecule has 52 valence electrons. The Bertz CT molecular complexity index is 101. The van der Waals surface area contributed by atoms with Gasteiger partial charge in [0.05, 0.1) is 0 Å². The van der Waals surface area contributed by atoms with Crippen LogP contribution in [0.1, 0.15) is 39.0 Å². The second-order valence-electron chi connectivity index (χ2n) is 2.95. The molecule has 0 spiro atoms. The Morgan fingerprint density at radius 3 is 2.11 bits per heavy atom. The molecule has 0 N–H and O–H groups in total. The van der Waals surface area contributed by atoms with E-state index in [0.717, 1.165) is 5.92 Å². The Balaban J connectivity index is 2.31. The van der Waals surface area contributed by atoms with Gasteiger partial charge < -0.3 is 0 Å². The normalized spacial score (nSPS) is 21.9. The van der Waals surface area contributed by atoms with E-state index in [9.17, 15) is 0 Å². The van der Waals surface area contributed by atoms with Crippen molar-refractivity contribution in [2.24, 2.45) is 5.92 Å². The number of hydrogen-bond donors (Lipinski definition) is 0. The summed E-state index contributed by atoms with van der Waals surface area (Å²) in [6, 6.07) is 0. The molecule has 1 aliphatic carbocycles. The van der Waals surface area contributed by atoms with Crippen LogP contribution in [0.4, 0.5) is 0 Å². The van der Waals surface area contributed by atoms with Crippen molar-refractivity contribution in [1.29, 1.82) is 0 Å². The third-order valence-corrected chi connectivity index (χ3v) is 3.13. The van der Waals surface area contributed by atoms with Crippen LogP contribution in [0.3, 0.4) is 0 Å². The second-order valence-corrected chi connectivity index (χ2v) is 4.78. The quantitative estimate of drug-likeness (QED) is 0.612. The Morgan fingerprint density at radius 1 is 1.22 bits per heavy atom. The van der Waals surface area contributed by atoms with Gasteiger partial charge in [0.2, 0.25) is 0 Å². The molecular weight excluding hydrogens is 224 g/mol. The molecule has 0 bridgehead atoms. The Labute approximate surface area is 70.4 Å². The minimum absolute atomic E-state index is 0.976. The van der Waals surface area contributed by atoms with Gasteiger partial charge in [-0.15, -0.1) is 0 Å². The summed E-state index contributed by atoms with van der Waals surface area (Å²) in [5.74, 6) is 0.976. The molecule has 0 saturated heterocycles. The topological polar surface area (TPSA) is 0 Å². The van der Waals surface area contributed by atoms with Gasteiger partial charge in [-0.05, 0) is 0 Å². The third-order valence-electron chi connectivity index (χ3n) is 2.18. The molecule has 0 aromatic carbocycles. The van der Waals surface area contributed by atoms with E-state index < -0.39 is 0 Å². The summed E-state index contributed by atoms with van der Waals surface area (Å²) in [5, 5.41) is 0. The first-order chi connectivity index (χ1) is 4.30. The van der Waals surface area contributed by atoms with Crippen LogP contribution >= 0.6 is 0 Å². The van der Waals surface area contributed by atoms with Gasteiger partial charge in [0.25, 0.3) is 0 Å². The SMILES string of the molecule is CC(=[Te])C1CCCCC1. The first-order valence-electron chi connectivity index (χ1n) is 3.81. The van der Waals surface area contributed by atoms with Gasteiger partial charge in [-0.3, -0.25) is 0 Å². The van der Waals surface area contributed by atoms with Gasteiger partial charge in [0, 0.05) is 0 Å². The molecule has 1 rings (SSSR count). The van der Waals surface area contributed by atoms with Crippen molar-refractivity contribution < 1.29 is 0 Å². The molecule has 0 aromatic rings. The van der Waals surface area contributed by atoms with E-state index in [1.807, 2.05) is 0 Å². The van der Waals surface area contributed by atoms with Crippen molar-refractivity contribution in [2.45, 2.75) is 39.0 Å². The third kappa shape index (κ3) is 2.40. The van der Waals surface area contributed by atoms with Gasteiger partial charge >= 0.3 is 70.3 Å². The summed E-state index contributed by atoms with van der Waals surface area (Å²) < 4.78 is 1.66. The fourth-order valence-electron chi connectivity index (χ4n) is 1.51. The molecule has 0 unspecified atom stereocenters. The first kappa shape index (κ1) is 7.76. The van der Waals surface area contributed by atoms with Crippen LogP contribution in [0.15, 0.2) is 0 Å². The first-order valence-corrected chi connectivity index (χ1v) is 4.97. The summed E-state index contributed by atoms with van der Waals surface area (Å²) in [4.78, 5) is 0. The molecule has 0 atom stereocenters. The fraction of sp³-hybridized carbons (Fsp3) is 0.875. The van der Waals surface area contributed by atoms with Crippen LogP contribution < -0.4 is 0 Å². The molecular formula is C8H14Te. The molecule has 0 aliphatic heterocycles. The van der Waals surface area contributed by atoms with Gasteiger partial charge in [0.1, 0.15) is 0 Å². The van der Waals surface area contributed by atoms with Crippen LogP contribution in [0, 0.1) is 5.92 Å². The molecule has 0 nitrogen and oxygen atoms in total. The van der Waals surface area contributed by atoms with E-state index in [2.05, 4.69) is 28.7 Å². The average Bonchev–Trinajstić information content (AvgIpc) is 1.90. The Morgan fingerprint density at radius 2 is 1.78 bits per heavy atom. The molecule has 0 heterocycles. The van der Waals surface area contributed by atoms with Crippen molar-refractivity contribution in [2.75, 3.05) is 0 Å². The molecule has 0 radical (unpaired) electrons. The van der Waals surface area contributed by atoms with E-state index >= 15 is 0 Å². The van der Waals surface area contributed by atoms with Crippen molar-refractivity contribution in [3.63, 3.8) is 0 Å². The van der Waals surface area contributed by atoms with E-state index in [1.165, 1.54) is 32.1 Å². The van der Waals surface area contributed by atoms with Crippen LogP contribution in [0.2, 0.25) is 0 Å². The van der Waals surface area contributed by atoms with Gasteiger partial charge in [0.15, 0.2) is 0 Å². The van der Waals surface area contributed by atoms with Crippen molar-refractivity contribution in [3.8, 4) is 0 Å². The van der Waals surface area contributed by atoms with Gasteiger partial charge in [-0.2, -0.15) is 0 Å². The zero-order valence-electron chi connectivity index (χ0n) is 6.02. The zero-order chi connectivity index (χ0) is 6.69. The number of hydrogen-bond acceptors (Lipinski definition) is 0. The van der Waals surface area contributed by atoms with E-state index in [1.54, 1.807) is 3.55 Å². The molecule has 0 amide bonds. The van der Waals surface area contributed by atoms with Crippen LogP contribution in [-0.4, -0.2) is 25.4 Å². The monoisotopic (exact) mass is 240 g/mol. The molecule has 1 fully saturated rings. The zero-order valence-corrected chi connectivity index (χ0v) is 8.35. The predicted octanol–water partition coefficient (Wildman–Crippen LogP) is 1.93. The maximum absolute atomic E-state index is 2.28. The van der Waals surface area contributed by atoms with Crippen LogP contribution in [0.5, 0.6) is 0 Å². The van der Waals surface area contributed by atoms with Crippen molar-refractivity contribution in [3.05, 3.63) is 0 Å². The van der Waals surface area contributed by atoms with Crippen molar-refractivity contribution in [1.82, 2.24) is 0 Å². The van der Waals surface area contributed by atoms with E-state index in [-0.39, 0.29) is 0 Å². The summed E-state index contributed by atoms with van der Waals surface area (Å²) in [6.07, 6.45) is 7.34. The van der Waals surface area contributed by atoms with Gasteiger partial charge in [-0.25, -0.2) is 0 Å². The van der Waals surface area contributed by atoms with E-state index in [0.29, 0.717) is 0 Å². The summed E-state index contributed by atoms with van der Waals surface area (Å²) >= 11 is 2.21. The number of rotatable bonds is 1. The fourth-order valence-corrected chi connectivity index (χ4v) is 2.18. The standard InChI is InChI=1S/C8H14Te/c1-7(9)8-5-3-2-4-6-8/h8H,2-6H2,1H3. The molecule has 1 saturated carbocycles. The molecule has 0 aromatic heterocycles. The van der Waals surface area contributed by atoms with E-state index in [4.69, 9.17) is 0 Å². The van der Waals surface area contributed by atoms with Crippen LogP contribution in [0.25, 0.3) is 0 Å². The molecule has 1 heteroatoms. The Kier molecular flexibility index (Phi) is 3.22. The molecule has 9 heavy (non-hydrogen) atoms. The maximum atomic E-state index is 2.28. The Hall–Kier alpha value is 0.660.